The summed E-state index contributed by atoms with van der Waals surface area (Å²) < 4.78 is 14.2. The first-order chi connectivity index (χ1) is 8.79. The van der Waals surface area contributed by atoms with Crippen molar-refractivity contribution < 1.29 is 4.39 Å². The number of pyridine rings is 1. The summed E-state index contributed by atoms with van der Waals surface area (Å²) in [6, 6.07) is 1.71. The molecule has 0 fully saturated rings. The summed E-state index contributed by atoms with van der Waals surface area (Å²) in [6.07, 6.45) is 1.64. The van der Waals surface area contributed by atoms with Gasteiger partial charge in [-0.25, -0.2) is 9.37 Å². The van der Waals surface area contributed by atoms with Crippen LogP contribution in [0.15, 0.2) is 12.3 Å². The average Bonchev–Trinajstić information content (AvgIpc) is 2.28. The Bertz CT molecular complexity index is 399. The second-order valence-electron chi connectivity index (χ2n) is 5.97. The van der Waals surface area contributed by atoms with Gasteiger partial charge in [-0.15, -0.1) is 0 Å². The molecule has 0 aromatic carbocycles. The number of hydrogen-bond acceptors (Lipinski definition) is 4. The van der Waals surface area contributed by atoms with Gasteiger partial charge in [-0.1, -0.05) is 0 Å². The molecule has 0 atom stereocenters. The van der Waals surface area contributed by atoms with Crippen LogP contribution in [-0.2, 0) is 6.54 Å². The van der Waals surface area contributed by atoms with E-state index >= 15 is 0 Å². The molecule has 1 rings (SSSR count). The summed E-state index contributed by atoms with van der Waals surface area (Å²) in [6.45, 7) is 8.19. The van der Waals surface area contributed by atoms with E-state index in [4.69, 9.17) is 0 Å². The van der Waals surface area contributed by atoms with Crippen LogP contribution >= 0.6 is 0 Å². The van der Waals surface area contributed by atoms with E-state index in [-0.39, 0.29) is 11.4 Å². The fourth-order valence-electron chi connectivity index (χ4n) is 1.50. The molecule has 19 heavy (non-hydrogen) atoms. The predicted octanol–water partition coefficient (Wildman–Crippen LogP) is 2.08. The Morgan fingerprint density at radius 2 is 2.00 bits per heavy atom. The van der Waals surface area contributed by atoms with E-state index in [2.05, 4.69) is 36.4 Å². The average molecular weight is 268 g/mol. The molecule has 2 N–H and O–H groups in total. The van der Waals surface area contributed by atoms with Crippen molar-refractivity contribution in [2.75, 3.05) is 32.5 Å². The van der Waals surface area contributed by atoms with Gasteiger partial charge >= 0.3 is 0 Å². The Morgan fingerprint density at radius 3 is 2.58 bits per heavy atom. The number of nitrogens with zero attached hydrogens (tertiary/aromatic N) is 2. The SMILES string of the molecule is CN(C)CCNc1nccc(CNC(C)(C)C)c1F. The first kappa shape index (κ1) is 15.9. The maximum Gasteiger partial charge on any atom is 0.169 e. The minimum absolute atomic E-state index is 0.0335. The van der Waals surface area contributed by atoms with Crippen LogP contribution in [0, 0.1) is 5.82 Å². The molecule has 1 aromatic heterocycles. The number of likely N-dealkylation sites (N-methyl/N-ethyl adjacent to an activating group) is 1. The maximum absolute atomic E-state index is 14.2. The lowest BCUT2D eigenvalue weighted by molar-refractivity contribution is 0.417. The number of aromatic nitrogens is 1. The fraction of sp³-hybridized carbons (Fsp3) is 0.643. The number of rotatable bonds is 6. The Labute approximate surface area is 115 Å². The fourth-order valence-corrected chi connectivity index (χ4v) is 1.50. The first-order valence-electron chi connectivity index (χ1n) is 6.56. The molecule has 0 spiro atoms. The maximum atomic E-state index is 14.2. The van der Waals surface area contributed by atoms with Gasteiger partial charge < -0.3 is 15.5 Å². The molecule has 0 aliphatic heterocycles. The normalized spacial score (nSPS) is 11.9. The van der Waals surface area contributed by atoms with Gasteiger partial charge in [0.25, 0.3) is 0 Å². The summed E-state index contributed by atoms with van der Waals surface area (Å²) in [5.74, 6) is 0.0630. The van der Waals surface area contributed by atoms with Gasteiger partial charge in [-0.3, -0.25) is 0 Å². The Kier molecular flexibility index (Phi) is 5.69. The van der Waals surface area contributed by atoms with Gasteiger partial charge in [-0.2, -0.15) is 0 Å². The third kappa shape index (κ3) is 5.98. The standard InChI is InChI=1S/C14H25FN4/c1-14(2,3)18-10-11-6-7-16-13(12(11)15)17-8-9-19(4)5/h6-7,18H,8-10H2,1-5H3,(H,16,17). The molecule has 0 aliphatic carbocycles. The monoisotopic (exact) mass is 268 g/mol. The van der Waals surface area contributed by atoms with Gasteiger partial charge in [0.05, 0.1) is 0 Å². The van der Waals surface area contributed by atoms with Gasteiger partial charge in [0, 0.05) is 36.9 Å². The zero-order valence-electron chi connectivity index (χ0n) is 12.5. The lowest BCUT2D eigenvalue weighted by Crippen LogP contribution is -2.35. The summed E-state index contributed by atoms with van der Waals surface area (Å²) in [4.78, 5) is 6.09. The van der Waals surface area contributed by atoms with Gasteiger partial charge in [-0.05, 0) is 40.9 Å². The van der Waals surface area contributed by atoms with E-state index in [1.165, 1.54) is 0 Å². The molecule has 1 heterocycles. The molecule has 0 saturated carbocycles. The summed E-state index contributed by atoms with van der Waals surface area (Å²) in [5.41, 5.74) is 0.603. The highest BCUT2D eigenvalue weighted by molar-refractivity contribution is 5.39. The Balaban J connectivity index is 2.64. The minimum atomic E-state index is -0.266. The zero-order chi connectivity index (χ0) is 14.5. The lowest BCUT2D eigenvalue weighted by Gasteiger charge is -2.21. The van der Waals surface area contributed by atoms with Crippen LogP contribution in [0.3, 0.4) is 0 Å². The Morgan fingerprint density at radius 1 is 1.32 bits per heavy atom. The molecular weight excluding hydrogens is 243 g/mol. The molecule has 0 saturated heterocycles. The third-order valence-corrected chi connectivity index (χ3v) is 2.63. The third-order valence-electron chi connectivity index (χ3n) is 2.63. The molecule has 1 aromatic rings. The molecule has 0 unspecified atom stereocenters. The summed E-state index contributed by atoms with van der Waals surface area (Å²) in [5, 5.41) is 6.30. The molecular formula is C14H25FN4. The van der Waals surface area contributed by atoms with E-state index < -0.39 is 0 Å². The molecule has 0 bridgehead atoms. The molecule has 5 heteroatoms. The topological polar surface area (TPSA) is 40.2 Å². The summed E-state index contributed by atoms with van der Waals surface area (Å²) in [7, 11) is 3.96. The van der Waals surface area contributed by atoms with Crippen molar-refractivity contribution in [3.05, 3.63) is 23.6 Å². The van der Waals surface area contributed by atoms with E-state index in [0.717, 1.165) is 6.54 Å². The van der Waals surface area contributed by atoms with Gasteiger partial charge in [0.2, 0.25) is 0 Å². The second-order valence-corrected chi connectivity index (χ2v) is 5.97. The van der Waals surface area contributed by atoms with Crippen molar-refractivity contribution in [1.82, 2.24) is 15.2 Å². The van der Waals surface area contributed by atoms with Crippen LogP contribution < -0.4 is 10.6 Å². The highest BCUT2D eigenvalue weighted by Crippen LogP contribution is 2.15. The summed E-state index contributed by atoms with van der Waals surface area (Å²) >= 11 is 0. The number of anilines is 1. The first-order valence-corrected chi connectivity index (χ1v) is 6.56. The highest BCUT2D eigenvalue weighted by atomic mass is 19.1. The number of nitrogens with one attached hydrogen (secondary N) is 2. The number of hydrogen-bond donors (Lipinski definition) is 2. The van der Waals surface area contributed by atoms with Crippen LogP contribution in [0.4, 0.5) is 10.2 Å². The molecule has 108 valence electrons. The largest absolute Gasteiger partial charge is 0.366 e. The zero-order valence-corrected chi connectivity index (χ0v) is 12.5. The van der Waals surface area contributed by atoms with Crippen molar-refractivity contribution in [3.8, 4) is 0 Å². The Hall–Kier alpha value is -1.20. The quantitative estimate of drug-likeness (QED) is 0.829. The van der Waals surface area contributed by atoms with Crippen LogP contribution in [-0.4, -0.2) is 42.6 Å². The smallest absolute Gasteiger partial charge is 0.169 e. The molecule has 4 nitrogen and oxygen atoms in total. The second kappa shape index (κ2) is 6.82. The van der Waals surface area contributed by atoms with Crippen LogP contribution in [0.1, 0.15) is 26.3 Å². The van der Waals surface area contributed by atoms with Crippen molar-refractivity contribution in [2.45, 2.75) is 32.9 Å². The lowest BCUT2D eigenvalue weighted by atomic mass is 10.1. The van der Waals surface area contributed by atoms with Gasteiger partial charge in [0.1, 0.15) is 0 Å². The van der Waals surface area contributed by atoms with E-state index in [1.807, 2.05) is 19.0 Å². The van der Waals surface area contributed by atoms with E-state index in [0.29, 0.717) is 24.5 Å². The van der Waals surface area contributed by atoms with Crippen LogP contribution in [0.2, 0.25) is 0 Å². The number of halogens is 1. The molecule has 0 amide bonds. The van der Waals surface area contributed by atoms with Crippen molar-refractivity contribution in [1.29, 1.82) is 0 Å². The van der Waals surface area contributed by atoms with Crippen molar-refractivity contribution >= 4 is 5.82 Å². The molecule has 0 radical (unpaired) electrons. The molecule has 0 aliphatic rings. The van der Waals surface area contributed by atoms with E-state index in [9.17, 15) is 4.39 Å². The van der Waals surface area contributed by atoms with Gasteiger partial charge in [0.15, 0.2) is 11.6 Å². The van der Waals surface area contributed by atoms with Crippen LogP contribution in [0.25, 0.3) is 0 Å². The van der Waals surface area contributed by atoms with E-state index in [1.54, 1.807) is 12.3 Å². The van der Waals surface area contributed by atoms with Crippen molar-refractivity contribution in [2.24, 2.45) is 0 Å². The predicted molar refractivity (Wildman–Crippen MR) is 77.8 cm³/mol. The van der Waals surface area contributed by atoms with Crippen LogP contribution in [0.5, 0.6) is 0 Å². The van der Waals surface area contributed by atoms with Crippen molar-refractivity contribution in [3.63, 3.8) is 0 Å². The minimum Gasteiger partial charge on any atom is -0.366 e. The highest BCUT2D eigenvalue weighted by Gasteiger charge is 2.13.